The fraction of sp³-hybridized carbons (Fsp3) is 0.158. The van der Waals surface area contributed by atoms with Crippen molar-refractivity contribution in [3.63, 3.8) is 0 Å². The van der Waals surface area contributed by atoms with Crippen molar-refractivity contribution in [2.45, 2.75) is 6.54 Å². The summed E-state index contributed by atoms with van der Waals surface area (Å²) >= 11 is 11.3. The third kappa shape index (κ3) is 5.21. The molecule has 0 aliphatic carbocycles. The van der Waals surface area contributed by atoms with Crippen molar-refractivity contribution in [2.75, 3.05) is 19.5 Å². The molecule has 150 valence electrons. The molecule has 0 bridgehead atoms. The first-order valence-corrected chi connectivity index (χ1v) is 9.18. The minimum absolute atomic E-state index is 0.229. The second-order valence-electron chi connectivity index (χ2n) is 5.73. The summed E-state index contributed by atoms with van der Waals surface area (Å²) in [4.78, 5) is 16.0. The van der Waals surface area contributed by atoms with Gasteiger partial charge in [-0.15, -0.1) is 0 Å². The molecule has 0 aliphatic heterocycles. The maximum Gasteiger partial charge on any atom is 0.339 e. The van der Waals surface area contributed by atoms with Crippen molar-refractivity contribution in [1.29, 1.82) is 0 Å². The van der Waals surface area contributed by atoms with Crippen LogP contribution in [0.15, 0.2) is 47.0 Å². The highest BCUT2D eigenvalue weighted by molar-refractivity contribution is 7.80. The van der Waals surface area contributed by atoms with Gasteiger partial charge < -0.3 is 24.6 Å². The van der Waals surface area contributed by atoms with Crippen molar-refractivity contribution >= 4 is 40.6 Å². The number of nitrogens with zero attached hydrogens (tertiary/aromatic N) is 2. The van der Waals surface area contributed by atoms with E-state index in [4.69, 9.17) is 37.8 Å². The van der Waals surface area contributed by atoms with Crippen LogP contribution in [0.2, 0.25) is 5.02 Å². The standard InChI is InChI=1S/C19H17ClN4O4S/c1-26-13-6-3-11(4-7-13)17-23-16(28-24-17)10-21-19(29)22-12-5-8-15(20)14(9-12)18(25)27-2/h3-9H,10H2,1-2H3,(H2,21,22,29). The van der Waals surface area contributed by atoms with Crippen molar-refractivity contribution in [3.8, 4) is 17.1 Å². The van der Waals surface area contributed by atoms with Crippen LogP contribution in [0.5, 0.6) is 5.75 Å². The Balaban J connectivity index is 1.58. The molecule has 3 aromatic rings. The number of hydrogen-bond donors (Lipinski definition) is 2. The summed E-state index contributed by atoms with van der Waals surface area (Å²) in [6.07, 6.45) is 0. The number of hydrogen-bond acceptors (Lipinski definition) is 7. The number of halogens is 1. The number of ether oxygens (including phenoxy) is 2. The molecule has 10 heteroatoms. The van der Waals surface area contributed by atoms with Crippen LogP contribution in [0.3, 0.4) is 0 Å². The molecule has 2 aromatic carbocycles. The number of thiocarbonyl (C=S) groups is 1. The maximum atomic E-state index is 11.7. The van der Waals surface area contributed by atoms with E-state index in [-0.39, 0.29) is 17.1 Å². The van der Waals surface area contributed by atoms with Gasteiger partial charge in [0, 0.05) is 11.3 Å². The van der Waals surface area contributed by atoms with Gasteiger partial charge in [0.05, 0.1) is 31.4 Å². The fourth-order valence-electron chi connectivity index (χ4n) is 2.38. The monoisotopic (exact) mass is 432 g/mol. The highest BCUT2D eigenvalue weighted by Crippen LogP contribution is 2.22. The molecule has 0 aliphatic rings. The molecule has 2 N–H and O–H groups in total. The SMILES string of the molecule is COC(=O)c1cc(NC(=S)NCc2nc(-c3ccc(OC)cc3)no2)ccc1Cl. The van der Waals surface area contributed by atoms with Crippen molar-refractivity contribution in [2.24, 2.45) is 0 Å². The van der Waals surface area contributed by atoms with Crippen LogP contribution < -0.4 is 15.4 Å². The van der Waals surface area contributed by atoms with Crippen LogP contribution in [-0.2, 0) is 11.3 Å². The lowest BCUT2D eigenvalue weighted by Crippen LogP contribution is -2.28. The Kier molecular flexibility index (Phi) is 6.63. The molecule has 0 unspecified atom stereocenters. The van der Waals surface area contributed by atoms with Crippen molar-refractivity contribution in [1.82, 2.24) is 15.5 Å². The molecule has 0 amide bonds. The molecule has 0 atom stereocenters. The van der Waals surface area contributed by atoms with Gasteiger partial charge in [-0.05, 0) is 54.7 Å². The largest absolute Gasteiger partial charge is 0.497 e. The molecule has 1 aromatic heterocycles. The quantitative estimate of drug-likeness (QED) is 0.446. The first kappa shape index (κ1) is 20.6. The Hall–Kier alpha value is -3.17. The van der Waals surface area contributed by atoms with Gasteiger partial charge in [-0.25, -0.2) is 4.79 Å². The summed E-state index contributed by atoms with van der Waals surface area (Å²) in [7, 11) is 2.89. The average Bonchev–Trinajstić information content (AvgIpc) is 3.22. The van der Waals surface area contributed by atoms with E-state index < -0.39 is 5.97 Å². The van der Waals surface area contributed by atoms with Gasteiger partial charge in [0.1, 0.15) is 5.75 Å². The topological polar surface area (TPSA) is 98.5 Å². The van der Waals surface area contributed by atoms with Crippen LogP contribution in [-0.4, -0.2) is 35.4 Å². The first-order valence-electron chi connectivity index (χ1n) is 8.40. The number of aromatic nitrogens is 2. The van der Waals surface area contributed by atoms with Crippen LogP contribution in [0.4, 0.5) is 5.69 Å². The minimum atomic E-state index is -0.533. The van der Waals surface area contributed by atoms with Crippen LogP contribution in [0.1, 0.15) is 16.2 Å². The van der Waals surface area contributed by atoms with Crippen LogP contribution >= 0.6 is 23.8 Å². The molecule has 0 spiro atoms. The van der Waals surface area contributed by atoms with Gasteiger partial charge in [0.15, 0.2) is 5.11 Å². The lowest BCUT2D eigenvalue weighted by Gasteiger charge is -2.10. The lowest BCUT2D eigenvalue weighted by atomic mass is 10.2. The van der Waals surface area contributed by atoms with Gasteiger partial charge >= 0.3 is 5.97 Å². The lowest BCUT2D eigenvalue weighted by molar-refractivity contribution is 0.0601. The molecule has 3 rings (SSSR count). The summed E-state index contributed by atoms with van der Waals surface area (Å²) in [6.45, 7) is 0.229. The van der Waals surface area contributed by atoms with E-state index in [9.17, 15) is 4.79 Å². The Labute approximate surface area is 177 Å². The highest BCUT2D eigenvalue weighted by atomic mass is 35.5. The van der Waals surface area contributed by atoms with E-state index in [1.54, 1.807) is 25.3 Å². The van der Waals surface area contributed by atoms with E-state index in [0.717, 1.165) is 11.3 Å². The summed E-state index contributed by atoms with van der Waals surface area (Å²) in [5.41, 5.74) is 1.62. The molecule has 8 nitrogen and oxygen atoms in total. The summed E-state index contributed by atoms with van der Waals surface area (Å²) in [5.74, 6) is 1.04. The van der Waals surface area contributed by atoms with E-state index in [0.29, 0.717) is 22.5 Å². The number of methoxy groups -OCH3 is 2. The third-order valence-corrected chi connectivity index (χ3v) is 4.42. The second kappa shape index (κ2) is 9.35. The molecule has 29 heavy (non-hydrogen) atoms. The predicted molar refractivity (Wildman–Crippen MR) is 112 cm³/mol. The number of carbonyl (C=O) groups is 1. The summed E-state index contributed by atoms with van der Waals surface area (Å²) in [6, 6.07) is 12.1. The molecular formula is C19H17ClN4O4S. The van der Waals surface area contributed by atoms with Gasteiger partial charge in [-0.2, -0.15) is 4.98 Å². The number of benzene rings is 2. The number of nitrogens with one attached hydrogen (secondary N) is 2. The zero-order valence-corrected chi connectivity index (χ0v) is 17.1. The Morgan fingerprint density at radius 1 is 1.21 bits per heavy atom. The number of rotatable bonds is 6. The van der Waals surface area contributed by atoms with Crippen LogP contribution in [0.25, 0.3) is 11.4 Å². The van der Waals surface area contributed by atoms with Gasteiger partial charge in [0.25, 0.3) is 0 Å². The van der Waals surface area contributed by atoms with Gasteiger partial charge in [-0.1, -0.05) is 16.8 Å². The van der Waals surface area contributed by atoms with E-state index >= 15 is 0 Å². The molecule has 1 heterocycles. The van der Waals surface area contributed by atoms with E-state index in [1.807, 2.05) is 24.3 Å². The van der Waals surface area contributed by atoms with Crippen molar-refractivity contribution < 1.29 is 18.8 Å². The van der Waals surface area contributed by atoms with E-state index in [2.05, 4.69) is 20.8 Å². The first-order chi connectivity index (χ1) is 14.0. The summed E-state index contributed by atoms with van der Waals surface area (Å²) < 4.78 is 15.1. The second-order valence-corrected chi connectivity index (χ2v) is 6.55. The minimum Gasteiger partial charge on any atom is -0.497 e. The van der Waals surface area contributed by atoms with Gasteiger partial charge in [0.2, 0.25) is 11.7 Å². The Morgan fingerprint density at radius 2 is 1.97 bits per heavy atom. The third-order valence-electron chi connectivity index (χ3n) is 3.85. The zero-order chi connectivity index (χ0) is 20.8. The maximum absolute atomic E-state index is 11.7. The Morgan fingerprint density at radius 3 is 2.66 bits per heavy atom. The zero-order valence-electron chi connectivity index (χ0n) is 15.6. The number of carbonyl (C=O) groups excluding carboxylic acids is 1. The smallest absolute Gasteiger partial charge is 0.339 e. The molecule has 0 saturated heterocycles. The Bertz CT molecular complexity index is 1020. The summed E-state index contributed by atoms with van der Waals surface area (Å²) in [5, 5.41) is 10.5. The predicted octanol–water partition coefficient (Wildman–Crippen LogP) is 3.67. The molecule has 0 saturated carbocycles. The highest BCUT2D eigenvalue weighted by Gasteiger charge is 2.13. The molecule has 0 fully saturated rings. The van der Waals surface area contributed by atoms with Crippen molar-refractivity contribution in [3.05, 3.63) is 58.9 Å². The number of anilines is 1. The molecular weight excluding hydrogens is 416 g/mol. The normalized spacial score (nSPS) is 10.3. The molecule has 0 radical (unpaired) electrons. The average molecular weight is 433 g/mol. The number of esters is 1. The fourth-order valence-corrected chi connectivity index (χ4v) is 2.77. The van der Waals surface area contributed by atoms with Gasteiger partial charge in [-0.3, -0.25) is 0 Å². The van der Waals surface area contributed by atoms with Crippen LogP contribution in [0, 0.1) is 0 Å². The van der Waals surface area contributed by atoms with E-state index in [1.165, 1.54) is 7.11 Å².